The Labute approximate surface area is 108 Å². The minimum absolute atomic E-state index is 0.622. The Morgan fingerprint density at radius 2 is 2.29 bits per heavy atom. The van der Waals surface area contributed by atoms with Crippen molar-refractivity contribution in [2.24, 2.45) is 0 Å². The zero-order valence-electron chi connectivity index (χ0n) is 9.43. The molecule has 17 heavy (non-hydrogen) atoms. The Morgan fingerprint density at radius 3 is 3.00 bits per heavy atom. The maximum absolute atomic E-state index is 5.85. The lowest BCUT2D eigenvalue weighted by atomic mass is 10.2. The summed E-state index contributed by atoms with van der Waals surface area (Å²) >= 11 is 3.37. The average Bonchev–Trinajstić information content (AvgIpc) is 2.78. The van der Waals surface area contributed by atoms with Gasteiger partial charge in [0.1, 0.15) is 6.33 Å². The summed E-state index contributed by atoms with van der Waals surface area (Å²) in [5.74, 6) is 0.793. The van der Waals surface area contributed by atoms with Crippen molar-refractivity contribution in [3.8, 4) is 11.4 Å². The number of hydrogen-bond acceptors (Lipinski definition) is 4. The first-order chi connectivity index (χ1) is 8.22. The summed E-state index contributed by atoms with van der Waals surface area (Å²) in [5.41, 5.74) is 7.48. The van der Waals surface area contributed by atoms with Crippen LogP contribution in [0.4, 0.5) is 5.69 Å². The van der Waals surface area contributed by atoms with Crippen molar-refractivity contribution in [2.45, 2.75) is 6.54 Å². The van der Waals surface area contributed by atoms with Gasteiger partial charge in [0, 0.05) is 29.4 Å². The molecule has 0 unspecified atom stereocenters. The zero-order chi connectivity index (χ0) is 12.3. The van der Waals surface area contributed by atoms with Gasteiger partial charge in [-0.2, -0.15) is 0 Å². The minimum Gasteiger partial charge on any atom is -0.398 e. The summed E-state index contributed by atoms with van der Waals surface area (Å²) in [4.78, 5) is 0. The fourth-order valence-corrected chi connectivity index (χ4v) is 1.76. The number of rotatable bonds is 4. The Morgan fingerprint density at radius 1 is 1.47 bits per heavy atom. The van der Waals surface area contributed by atoms with Gasteiger partial charge in [-0.15, -0.1) is 10.2 Å². The lowest BCUT2D eigenvalue weighted by Gasteiger charge is -2.07. The Kier molecular flexibility index (Phi) is 3.75. The minimum atomic E-state index is 0.622. The van der Waals surface area contributed by atoms with Gasteiger partial charge < -0.3 is 15.0 Å². The highest BCUT2D eigenvalue weighted by Crippen LogP contribution is 2.25. The van der Waals surface area contributed by atoms with Crippen molar-refractivity contribution in [1.82, 2.24) is 14.8 Å². The molecule has 1 aromatic carbocycles. The normalized spacial score (nSPS) is 10.7. The molecule has 0 radical (unpaired) electrons. The molecule has 0 amide bonds. The molecule has 0 aliphatic rings. The summed E-state index contributed by atoms with van der Waals surface area (Å²) in [7, 11) is 1.67. The summed E-state index contributed by atoms with van der Waals surface area (Å²) in [5, 5.41) is 8.01. The van der Waals surface area contributed by atoms with Crippen LogP contribution in [0, 0.1) is 0 Å². The van der Waals surface area contributed by atoms with Crippen LogP contribution < -0.4 is 5.73 Å². The fourth-order valence-electron chi connectivity index (χ4n) is 1.51. The number of hydrogen-bond donors (Lipinski definition) is 1. The van der Waals surface area contributed by atoms with E-state index < -0.39 is 0 Å². The van der Waals surface area contributed by atoms with Crippen molar-refractivity contribution >= 4 is 21.6 Å². The number of benzene rings is 1. The predicted molar refractivity (Wildman–Crippen MR) is 69.4 cm³/mol. The van der Waals surface area contributed by atoms with E-state index in [0.717, 1.165) is 22.4 Å². The van der Waals surface area contributed by atoms with Gasteiger partial charge in [-0.1, -0.05) is 0 Å². The van der Waals surface area contributed by atoms with Gasteiger partial charge in [0.05, 0.1) is 6.61 Å². The standard InChI is InChI=1S/C11H13BrN4O/c1-17-5-4-16-7-14-15-11(16)8-2-3-9(12)10(13)6-8/h2-3,6-7H,4-5,13H2,1H3. The number of nitrogen functional groups attached to an aromatic ring is 1. The van der Waals surface area contributed by atoms with Crippen LogP contribution in [0.25, 0.3) is 11.4 Å². The first-order valence-corrected chi connectivity index (χ1v) is 5.94. The molecule has 1 heterocycles. The van der Waals surface area contributed by atoms with Gasteiger partial charge in [-0.3, -0.25) is 0 Å². The predicted octanol–water partition coefficient (Wildman–Crippen LogP) is 1.94. The van der Waals surface area contributed by atoms with E-state index in [9.17, 15) is 0 Å². The number of nitrogens with zero attached hydrogens (tertiary/aromatic N) is 3. The topological polar surface area (TPSA) is 66.0 Å². The molecular formula is C11H13BrN4O. The molecule has 90 valence electrons. The summed E-state index contributed by atoms with van der Waals surface area (Å²) < 4.78 is 7.86. The average molecular weight is 297 g/mol. The monoisotopic (exact) mass is 296 g/mol. The molecular weight excluding hydrogens is 284 g/mol. The third kappa shape index (κ3) is 2.65. The highest BCUT2D eigenvalue weighted by Gasteiger charge is 2.08. The van der Waals surface area contributed by atoms with Gasteiger partial charge in [-0.05, 0) is 34.1 Å². The highest BCUT2D eigenvalue weighted by atomic mass is 79.9. The number of anilines is 1. The fraction of sp³-hybridized carbons (Fsp3) is 0.273. The number of ether oxygens (including phenoxy) is 1. The Balaban J connectivity index is 2.32. The molecule has 6 heteroatoms. The van der Waals surface area contributed by atoms with Crippen molar-refractivity contribution in [1.29, 1.82) is 0 Å². The van der Waals surface area contributed by atoms with Crippen molar-refractivity contribution < 1.29 is 4.74 Å². The molecule has 0 atom stereocenters. The number of halogens is 1. The van der Waals surface area contributed by atoms with Gasteiger partial charge in [0.15, 0.2) is 5.82 Å². The molecule has 0 fully saturated rings. The van der Waals surface area contributed by atoms with E-state index in [1.54, 1.807) is 13.4 Å². The second kappa shape index (κ2) is 5.29. The highest BCUT2D eigenvalue weighted by molar-refractivity contribution is 9.10. The zero-order valence-corrected chi connectivity index (χ0v) is 11.0. The van der Waals surface area contributed by atoms with E-state index in [2.05, 4.69) is 26.1 Å². The van der Waals surface area contributed by atoms with E-state index in [4.69, 9.17) is 10.5 Å². The molecule has 0 spiro atoms. The first kappa shape index (κ1) is 12.1. The van der Waals surface area contributed by atoms with Crippen LogP contribution in [0.15, 0.2) is 29.0 Å². The Hall–Kier alpha value is -1.40. The summed E-state index contributed by atoms with van der Waals surface area (Å²) in [6.07, 6.45) is 1.69. The number of aromatic nitrogens is 3. The molecule has 0 bridgehead atoms. The molecule has 0 aliphatic heterocycles. The van der Waals surface area contributed by atoms with Crippen LogP contribution in [0.3, 0.4) is 0 Å². The molecule has 1 aromatic heterocycles. The maximum Gasteiger partial charge on any atom is 0.163 e. The van der Waals surface area contributed by atoms with E-state index in [1.807, 2.05) is 22.8 Å². The van der Waals surface area contributed by atoms with Crippen molar-refractivity contribution in [3.63, 3.8) is 0 Å². The number of nitrogens with two attached hydrogens (primary N) is 1. The molecule has 0 saturated carbocycles. The molecule has 2 rings (SSSR count). The second-order valence-corrected chi connectivity index (χ2v) is 4.43. The largest absolute Gasteiger partial charge is 0.398 e. The lowest BCUT2D eigenvalue weighted by molar-refractivity contribution is 0.187. The second-order valence-electron chi connectivity index (χ2n) is 3.58. The van der Waals surface area contributed by atoms with Crippen LogP contribution in [-0.2, 0) is 11.3 Å². The SMILES string of the molecule is COCCn1cnnc1-c1ccc(Br)c(N)c1. The van der Waals surface area contributed by atoms with Crippen LogP contribution in [-0.4, -0.2) is 28.5 Å². The molecule has 2 aromatic rings. The van der Waals surface area contributed by atoms with E-state index in [-0.39, 0.29) is 0 Å². The first-order valence-electron chi connectivity index (χ1n) is 5.14. The van der Waals surface area contributed by atoms with E-state index >= 15 is 0 Å². The van der Waals surface area contributed by atoms with Crippen molar-refractivity contribution in [2.75, 3.05) is 19.5 Å². The molecule has 0 aliphatic carbocycles. The van der Waals surface area contributed by atoms with Crippen LogP contribution in [0.2, 0.25) is 0 Å². The van der Waals surface area contributed by atoms with Crippen LogP contribution in [0.1, 0.15) is 0 Å². The van der Waals surface area contributed by atoms with Gasteiger partial charge >= 0.3 is 0 Å². The molecule has 2 N–H and O–H groups in total. The van der Waals surface area contributed by atoms with Crippen molar-refractivity contribution in [3.05, 3.63) is 29.0 Å². The van der Waals surface area contributed by atoms with Crippen LogP contribution >= 0.6 is 15.9 Å². The van der Waals surface area contributed by atoms with Gasteiger partial charge in [0.25, 0.3) is 0 Å². The summed E-state index contributed by atoms with van der Waals surface area (Å²) in [6.45, 7) is 1.34. The van der Waals surface area contributed by atoms with Gasteiger partial charge in [0.2, 0.25) is 0 Å². The summed E-state index contributed by atoms with van der Waals surface area (Å²) in [6, 6.07) is 5.73. The third-order valence-corrected chi connectivity index (χ3v) is 3.13. The quantitative estimate of drug-likeness (QED) is 0.876. The number of methoxy groups -OCH3 is 1. The van der Waals surface area contributed by atoms with Crippen LogP contribution in [0.5, 0.6) is 0 Å². The third-order valence-electron chi connectivity index (χ3n) is 2.41. The Bertz CT molecular complexity index is 512. The van der Waals surface area contributed by atoms with Gasteiger partial charge in [-0.25, -0.2) is 0 Å². The van der Waals surface area contributed by atoms with E-state index in [1.165, 1.54) is 0 Å². The molecule has 5 nitrogen and oxygen atoms in total. The molecule has 0 saturated heterocycles. The smallest absolute Gasteiger partial charge is 0.163 e. The maximum atomic E-state index is 5.85. The lowest BCUT2D eigenvalue weighted by Crippen LogP contribution is -2.05. The van der Waals surface area contributed by atoms with E-state index in [0.29, 0.717) is 12.3 Å².